The zero-order chi connectivity index (χ0) is 28.4. The van der Waals surface area contributed by atoms with E-state index in [1.807, 2.05) is 49.3 Å². The first kappa shape index (κ1) is 24.8. The molecule has 1 N–H and O–H groups in total. The molecule has 1 aliphatic heterocycles. The number of benzene rings is 3. The van der Waals surface area contributed by atoms with Gasteiger partial charge >= 0.3 is 5.69 Å². The summed E-state index contributed by atoms with van der Waals surface area (Å²) in [5.41, 5.74) is 5.89. The Morgan fingerprint density at radius 3 is 2.46 bits per heavy atom. The van der Waals surface area contributed by atoms with Gasteiger partial charge in [-0.05, 0) is 48.5 Å². The summed E-state index contributed by atoms with van der Waals surface area (Å²) < 4.78 is 23.8. The van der Waals surface area contributed by atoms with Crippen LogP contribution in [-0.4, -0.2) is 41.2 Å². The predicted molar refractivity (Wildman–Crippen MR) is 158 cm³/mol. The van der Waals surface area contributed by atoms with Crippen LogP contribution in [0.2, 0.25) is 0 Å². The highest BCUT2D eigenvalue weighted by atomic mass is 19.1. The average molecular weight is 548 g/mol. The standard InChI is InChI=1S/C32H26FN5O3/c1-34-31(39)29-22-15-21(25(36(2)3)17-28(22)41-30(29)18-8-10-20(33)11-9-18)23-16-27-26-14-19-6-4-5-7-24(19)37(26)12-13-38(27)32(40)35-23/h4-11,14-17H,12-13H2,1-3H3,(H,34,39). The SMILES string of the molecule is CNC(=O)c1c(-c2ccc(F)cc2)oc2cc(N(C)C)c(-c3cc4n(c(=O)n3)CCn3c-4cc4ccccc43)cc12. The number of hydrogen-bond acceptors (Lipinski definition) is 5. The minimum atomic E-state index is -0.382. The van der Waals surface area contributed by atoms with Gasteiger partial charge in [0.15, 0.2) is 0 Å². The van der Waals surface area contributed by atoms with E-state index in [9.17, 15) is 14.0 Å². The van der Waals surface area contributed by atoms with Gasteiger partial charge in [-0.25, -0.2) is 9.18 Å². The molecule has 41 heavy (non-hydrogen) atoms. The summed E-state index contributed by atoms with van der Waals surface area (Å²) in [6.45, 7) is 1.21. The lowest BCUT2D eigenvalue weighted by Gasteiger charge is -2.23. The summed E-state index contributed by atoms with van der Waals surface area (Å²) >= 11 is 0. The van der Waals surface area contributed by atoms with E-state index in [0.29, 0.717) is 52.2 Å². The molecule has 0 unspecified atom stereocenters. The zero-order valence-corrected chi connectivity index (χ0v) is 22.7. The molecule has 9 heteroatoms. The number of anilines is 1. The number of nitrogens with one attached hydrogen (secondary N) is 1. The van der Waals surface area contributed by atoms with Crippen LogP contribution in [0.5, 0.6) is 0 Å². The number of fused-ring (bicyclic) bond motifs is 6. The number of halogens is 1. The largest absolute Gasteiger partial charge is 0.455 e. The summed E-state index contributed by atoms with van der Waals surface area (Å²) in [5, 5.41) is 4.37. The highest BCUT2D eigenvalue weighted by Crippen LogP contribution is 2.41. The van der Waals surface area contributed by atoms with E-state index in [4.69, 9.17) is 4.42 Å². The third-order valence-electron chi connectivity index (χ3n) is 7.76. The Hall–Kier alpha value is -5.18. The van der Waals surface area contributed by atoms with Crippen LogP contribution in [0.4, 0.5) is 10.1 Å². The average Bonchev–Trinajstić information content (AvgIpc) is 3.55. The van der Waals surface area contributed by atoms with Gasteiger partial charge in [-0.3, -0.25) is 9.36 Å². The highest BCUT2D eigenvalue weighted by molar-refractivity contribution is 6.12. The van der Waals surface area contributed by atoms with Crippen molar-refractivity contribution in [3.63, 3.8) is 0 Å². The number of furan rings is 1. The molecule has 0 spiro atoms. The number of carbonyl (C=O) groups excluding carboxylic acids is 1. The summed E-state index contributed by atoms with van der Waals surface area (Å²) in [4.78, 5) is 33.0. The van der Waals surface area contributed by atoms with Crippen LogP contribution in [0.1, 0.15) is 10.4 Å². The Morgan fingerprint density at radius 1 is 0.976 bits per heavy atom. The van der Waals surface area contributed by atoms with Crippen LogP contribution >= 0.6 is 0 Å². The second-order valence-electron chi connectivity index (χ2n) is 10.4. The van der Waals surface area contributed by atoms with Crippen LogP contribution in [-0.2, 0) is 13.1 Å². The zero-order valence-electron chi connectivity index (χ0n) is 22.7. The third kappa shape index (κ3) is 3.84. The second kappa shape index (κ2) is 9.19. The summed E-state index contributed by atoms with van der Waals surface area (Å²) in [6, 6.07) is 21.8. The molecule has 204 valence electrons. The van der Waals surface area contributed by atoms with Crippen molar-refractivity contribution < 1.29 is 13.6 Å². The number of hydrogen-bond donors (Lipinski definition) is 1. The third-order valence-corrected chi connectivity index (χ3v) is 7.76. The fraction of sp³-hybridized carbons (Fsp3) is 0.156. The van der Waals surface area contributed by atoms with Crippen LogP contribution in [0.15, 0.2) is 82.0 Å². The van der Waals surface area contributed by atoms with E-state index < -0.39 is 0 Å². The maximum Gasteiger partial charge on any atom is 0.348 e. The van der Waals surface area contributed by atoms with E-state index >= 15 is 0 Å². The van der Waals surface area contributed by atoms with Crippen molar-refractivity contribution in [3.8, 4) is 34.0 Å². The molecule has 0 atom stereocenters. The minimum Gasteiger partial charge on any atom is -0.455 e. The van der Waals surface area contributed by atoms with Gasteiger partial charge in [0.2, 0.25) is 0 Å². The van der Waals surface area contributed by atoms with Gasteiger partial charge in [0.1, 0.15) is 17.2 Å². The van der Waals surface area contributed by atoms with Crippen molar-refractivity contribution >= 4 is 33.5 Å². The number of aryl methyl sites for hydroxylation is 1. The number of nitrogens with zero attached hydrogens (tertiary/aromatic N) is 4. The maximum absolute atomic E-state index is 13.7. The molecule has 0 aliphatic carbocycles. The van der Waals surface area contributed by atoms with E-state index in [0.717, 1.165) is 28.0 Å². The van der Waals surface area contributed by atoms with Gasteiger partial charge in [-0.1, -0.05) is 18.2 Å². The summed E-state index contributed by atoms with van der Waals surface area (Å²) in [6.07, 6.45) is 0. The molecule has 6 aromatic rings. The lowest BCUT2D eigenvalue weighted by Crippen LogP contribution is -2.30. The topological polar surface area (TPSA) is 85.3 Å². The summed E-state index contributed by atoms with van der Waals surface area (Å²) in [7, 11) is 5.35. The van der Waals surface area contributed by atoms with Crippen molar-refractivity contribution in [2.75, 3.05) is 26.0 Å². The Labute approximate surface area is 234 Å². The molecule has 0 fully saturated rings. The predicted octanol–water partition coefficient (Wildman–Crippen LogP) is 5.52. The molecule has 3 aromatic heterocycles. The van der Waals surface area contributed by atoms with Crippen molar-refractivity contribution in [3.05, 3.63) is 94.7 Å². The van der Waals surface area contributed by atoms with Crippen LogP contribution < -0.4 is 15.9 Å². The van der Waals surface area contributed by atoms with Crippen molar-refractivity contribution in [1.29, 1.82) is 0 Å². The van der Waals surface area contributed by atoms with E-state index in [-0.39, 0.29) is 17.4 Å². The van der Waals surface area contributed by atoms with Crippen LogP contribution in [0.3, 0.4) is 0 Å². The molecular formula is C32H26FN5O3. The molecule has 4 heterocycles. The lowest BCUT2D eigenvalue weighted by molar-refractivity contribution is 0.0964. The molecule has 3 aromatic carbocycles. The molecular weight excluding hydrogens is 521 g/mol. The Morgan fingerprint density at radius 2 is 1.71 bits per heavy atom. The summed E-state index contributed by atoms with van der Waals surface area (Å²) in [5.74, 6) is -0.383. The van der Waals surface area contributed by atoms with Gasteiger partial charge in [-0.2, -0.15) is 4.98 Å². The van der Waals surface area contributed by atoms with Gasteiger partial charge in [-0.15, -0.1) is 0 Å². The maximum atomic E-state index is 13.7. The molecule has 0 saturated carbocycles. The number of rotatable bonds is 4. The van der Waals surface area contributed by atoms with Gasteiger partial charge in [0.05, 0.1) is 22.6 Å². The Bertz CT molecular complexity index is 2070. The van der Waals surface area contributed by atoms with Gasteiger partial charge in [0.25, 0.3) is 5.91 Å². The van der Waals surface area contributed by atoms with E-state index in [2.05, 4.69) is 33.1 Å². The first-order valence-corrected chi connectivity index (χ1v) is 13.3. The minimum absolute atomic E-state index is 0.329. The fourth-order valence-corrected chi connectivity index (χ4v) is 5.80. The monoisotopic (exact) mass is 547 g/mol. The lowest BCUT2D eigenvalue weighted by atomic mass is 10.00. The van der Waals surface area contributed by atoms with E-state index in [1.54, 1.807) is 23.7 Å². The Kier molecular flexibility index (Phi) is 5.57. The molecule has 7 rings (SSSR count). The van der Waals surface area contributed by atoms with Crippen molar-refractivity contribution in [1.82, 2.24) is 19.4 Å². The normalized spacial score (nSPS) is 12.4. The number of carbonyl (C=O) groups is 1. The van der Waals surface area contributed by atoms with E-state index in [1.165, 1.54) is 12.1 Å². The Balaban J connectivity index is 1.48. The number of amides is 1. The quantitative estimate of drug-likeness (QED) is 0.314. The first-order valence-electron chi connectivity index (χ1n) is 13.3. The van der Waals surface area contributed by atoms with Gasteiger partial charge < -0.3 is 19.2 Å². The smallest absolute Gasteiger partial charge is 0.348 e. The molecule has 1 aliphatic rings. The number of aromatic nitrogens is 3. The molecule has 0 radical (unpaired) electrons. The van der Waals surface area contributed by atoms with Crippen LogP contribution in [0.25, 0.3) is 55.8 Å². The molecule has 1 amide bonds. The molecule has 0 bridgehead atoms. The van der Waals surface area contributed by atoms with Crippen molar-refractivity contribution in [2.24, 2.45) is 0 Å². The van der Waals surface area contributed by atoms with Crippen LogP contribution in [0, 0.1) is 5.82 Å². The fourth-order valence-electron chi connectivity index (χ4n) is 5.80. The molecule has 8 nitrogen and oxygen atoms in total. The first-order chi connectivity index (χ1) is 19.8. The number of para-hydroxylation sites is 1. The highest BCUT2D eigenvalue weighted by Gasteiger charge is 2.26. The molecule has 0 saturated heterocycles. The van der Waals surface area contributed by atoms with Gasteiger partial charge in [0, 0.05) is 73.4 Å². The second-order valence-corrected chi connectivity index (χ2v) is 10.4. The van der Waals surface area contributed by atoms with Crippen molar-refractivity contribution in [2.45, 2.75) is 13.1 Å².